The number of hydrogen-bond acceptors (Lipinski definition) is 2. The van der Waals surface area contributed by atoms with E-state index in [1.165, 1.54) is 0 Å². The molecule has 0 aliphatic carbocycles. The van der Waals surface area contributed by atoms with Crippen LogP contribution in [0.15, 0.2) is 0 Å². The van der Waals surface area contributed by atoms with Crippen molar-refractivity contribution in [3.8, 4) is 0 Å². The van der Waals surface area contributed by atoms with Gasteiger partial charge in [-0.3, -0.25) is 0 Å². The van der Waals surface area contributed by atoms with Crippen molar-refractivity contribution in [2.75, 3.05) is 13.6 Å². The summed E-state index contributed by atoms with van der Waals surface area (Å²) < 4.78 is 0. The van der Waals surface area contributed by atoms with Gasteiger partial charge in [-0.1, -0.05) is 13.8 Å². The molecule has 2 nitrogen and oxygen atoms in total. The molecule has 0 saturated heterocycles. The van der Waals surface area contributed by atoms with E-state index in [4.69, 9.17) is 0 Å². The normalized spacial score (nSPS) is 12.6. The maximum atomic E-state index is 10.6. The van der Waals surface area contributed by atoms with Crippen LogP contribution in [-0.4, -0.2) is 30.8 Å². The standard InChI is InChI=1S/C10H21NO/c1-9(2)11(5)7-6-10(3,4)8-12/h8-9H,6-7H2,1-5H3. The summed E-state index contributed by atoms with van der Waals surface area (Å²) in [5.41, 5.74) is -0.164. The van der Waals surface area contributed by atoms with E-state index in [0.717, 1.165) is 19.3 Å². The Morgan fingerprint density at radius 2 is 1.92 bits per heavy atom. The Morgan fingerprint density at radius 3 is 2.25 bits per heavy atom. The Labute approximate surface area is 75.9 Å². The fraction of sp³-hybridized carbons (Fsp3) is 0.900. The average molecular weight is 171 g/mol. The van der Waals surface area contributed by atoms with Gasteiger partial charge in [0.1, 0.15) is 6.29 Å². The molecule has 2 heteroatoms. The van der Waals surface area contributed by atoms with Gasteiger partial charge >= 0.3 is 0 Å². The van der Waals surface area contributed by atoms with Crippen LogP contribution in [0, 0.1) is 5.41 Å². The molecule has 0 heterocycles. The Kier molecular flexibility index (Phi) is 4.46. The van der Waals surface area contributed by atoms with E-state index < -0.39 is 0 Å². The first-order valence-electron chi connectivity index (χ1n) is 4.55. The number of carbonyl (C=O) groups is 1. The van der Waals surface area contributed by atoms with E-state index in [2.05, 4.69) is 25.8 Å². The summed E-state index contributed by atoms with van der Waals surface area (Å²) in [6.45, 7) is 9.27. The highest BCUT2D eigenvalue weighted by atomic mass is 16.1. The van der Waals surface area contributed by atoms with Crippen LogP contribution in [0.1, 0.15) is 34.1 Å². The Balaban J connectivity index is 3.75. The van der Waals surface area contributed by atoms with Crippen LogP contribution < -0.4 is 0 Å². The van der Waals surface area contributed by atoms with Crippen LogP contribution in [0.4, 0.5) is 0 Å². The van der Waals surface area contributed by atoms with E-state index in [0.29, 0.717) is 6.04 Å². The molecule has 0 fully saturated rings. The molecule has 0 bridgehead atoms. The maximum Gasteiger partial charge on any atom is 0.125 e. The van der Waals surface area contributed by atoms with Gasteiger partial charge in [0.15, 0.2) is 0 Å². The van der Waals surface area contributed by atoms with Crippen molar-refractivity contribution in [3.05, 3.63) is 0 Å². The Bertz CT molecular complexity index is 141. The second kappa shape index (κ2) is 4.61. The molecule has 0 rings (SSSR count). The van der Waals surface area contributed by atoms with Crippen LogP contribution in [0.25, 0.3) is 0 Å². The minimum absolute atomic E-state index is 0.164. The molecular formula is C10H21NO. The van der Waals surface area contributed by atoms with Crippen LogP contribution >= 0.6 is 0 Å². The molecule has 0 aromatic carbocycles. The molecule has 0 N–H and O–H groups in total. The summed E-state index contributed by atoms with van der Waals surface area (Å²) in [5, 5.41) is 0. The molecule has 0 saturated carbocycles. The second-order valence-electron chi connectivity index (χ2n) is 4.43. The van der Waals surface area contributed by atoms with Gasteiger partial charge in [0.2, 0.25) is 0 Å². The predicted octanol–water partition coefficient (Wildman–Crippen LogP) is 1.94. The molecule has 0 radical (unpaired) electrons. The number of nitrogens with zero attached hydrogens (tertiary/aromatic N) is 1. The van der Waals surface area contributed by atoms with E-state index >= 15 is 0 Å². The third-order valence-corrected chi connectivity index (χ3v) is 2.31. The molecule has 0 spiro atoms. The van der Waals surface area contributed by atoms with E-state index in [1.807, 2.05) is 13.8 Å². The van der Waals surface area contributed by atoms with E-state index in [9.17, 15) is 4.79 Å². The van der Waals surface area contributed by atoms with E-state index in [-0.39, 0.29) is 5.41 Å². The van der Waals surface area contributed by atoms with Gasteiger partial charge in [0.05, 0.1) is 0 Å². The van der Waals surface area contributed by atoms with Crippen molar-refractivity contribution in [2.45, 2.75) is 40.2 Å². The Morgan fingerprint density at radius 1 is 1.42 bits per heavy atom. The minimum atomic E-state index is -0.164. The third-order valence-electron chi connectivity index (χ3n) is 2.31. The first-order valence-corrected chi connectivity index (χ1v) is 4.55. The summed E-state index contributed by atoms with van der Waals surface area (Å²) in [4.78, 5) is 12.8. The van der Waals surface area contributed by atoms with Crippen molar-refractivity contribution in [2.24, 2.45) is 5.41 Å². The molecule has 0 aliphatic rings. The van der Waals surface area contributed by atoms with Crippen molar-refractivity contribution in [1.82, 2.24) is 4.90 Å². The van der Waals surface area contributed by atoms with Gasteiger partial charge in [-0.15, -0.1) is 0 Å². The van der Waals surface area contributed by atoms with Gasteiger partial charge < -0.3 is 9.69 Å². The number of aldehydes is 1. The zero-order valence-corrected chi connectivity index (χ0v) is 8.92. The third kappa shape index (κ3) is 4.50. The maximum absolute atomic E-state index is 10.6. The number of hydrogen-bond donors (Lipinski definition) is 0. The summed E-state index contributed by atoms with van der Waals surface area (Å²) in [6, 6.07) is 0.562. The highest BCUT2D eigenvalue weighted by Crippen LogP contribution is 2.16. The first kappa shape index (κ1) is 11.6. The molecule has 12 heavy (non-hydrogen) atoms. The quantitative estimate of drug-likeness (QED) is 0.589. The van der Waals surface area contributed by atoms with Gasteiger partial charge in [-0.05, 0) is 33.9 Å². The number of carbonyl (C=O) groups excluding carboxylic acids is 1. The van der Waals surface area contributed by atoms with E-state index in [1.54, 1.807) is 0 Å². The lowest BCUT2D eigenvalue weighted by Crippen LogP contribution is -2.30. The topological polar surface area (TPSA) is 20.3 Å². The minimum Gasteiger partial charge on any atom is -0.304 e. The zero-order valence-electron chi connectivity index (χ0n) is 8.92. The fourth-order valence-corrected chi connectivity index (χ4v) is 0.782. The van der Waals surface area contributed by atoms with Gasteiger partial charge in [0, 0.05) is 11.5 Å². The molecule has 72 valence electrons. The fourth-order valence-electron chi connectivity index (χ4n) is 0.782. The lowest BCUT2D eigenvalue weighted by atomic mass is 9.91. The van der Waals surface area contributed by atoms with Crippen LogP contribution in [0.3, 0.4) is 0 Å². The summed E-state index contributed by atoms with van der Waals surface area (Å²) in [7, 11) is 2.09. The number of rotatable bonds is 5. The summed E-state index contributed by atoms with van der Waals surface area (Å²) in [6.07, 6.45) is 1.98. The molecular weight excluding hydrogens is 150 g/mol. The lowest BCUT2D eigenvalue weighted by Gasteiger charge is -2.25. The summed E-state index contributed by atoms with van der Waals surface area (Å²) >= 11 is 0. The molecule has 0 amide bonds. The average Bonchev–Trinajstić information content (AvgIpc) is 2.00. The zero-order chi connectivity index (χ0) is 9.78. The van der Waals surface area contributed by atoms with Crippen LogP contribution in [-0.2, 0) is 4.79 Å². The molecule has 0 aliphatic heterocycles. The highest BCUT2D eigenvalue weighted by Gasteiger charge is 2.17. The lowest BCUT2D eigenvalue weighted by molar-refractivity contribution is -0.115. The van der Waals surface area contributed by atoms with Crippen molar-refractivity contribution in [1.29, 1.82) is 0 Å². The largest absolute Gasteiger partial charge is 0.304 e. The van der Waals surface area contributed by atoms with Gasteiger partial charge in [0.25, 0.3) is 0 Å². The second-order valence-corrected chi connectivity index (χ2v) is 4.43. The summed E-state index contributed by atoms with van der Waals surface area (Å²) in [5.74, 6) is 0. The molecule has 0 unspecified atom stereocenters. The predicted molar refractivity (Wildman–Crippen MR) is 52.2 cm³/mol. The first-order chi connectivity index (χ1) is 5.39. The molecule has 0 aromatic heterocycles. The van der Waals surface area contributed by atoms with Gasteiger partial charge in [-0.25, -0.2) is 0 Å². The monoisotopic (exact) mass is 171 g/mol. The van der Waals surface area contributed by atoms with Crippen LogP contribution in [0.2, 0.25) is 0 Å². The molecule has 0 atom stereocenters. The SMILES string of the molecule is CC(C)N(C)CCC(C)(C)C=O. The van der Waals surface area contributed by atoms with Crippen molar-refractivity contribution in [3.63, 3.8) is 0 Å². The molecule has 0 aromatic rings. The van der Waals surface area contributed by atoms with Gasteiger partial charge in [-0.2, -0.15) is 0 Å². The smallest absolute Gasteiger partial charge is 0.125 e. The van der Waals surface area contributed by atoms with Crippen molar-refractivity contribution < 1.29 is 4.79 Å². The van der Waals surface area contributed by atoms with Crippen molar-refractivity contribution >= 4 is 6.29 Å². The Hall–Kier alpha value is -0.370. The van der Waals surface area contributed by atoms with Crippen LogP contribution in [0.5, 0.6) is 0 Å². The highest BCUT2D eigenvalue weighted by molar-refractivity contribution is 5.57.